The first-order chi connectivity index (χ1) is 15.4. The molecule has 0 atom stereocenters. The van der Waals surface area contributed by atoms with Crippen molar-refractivity contribution in [1.29, 1.82) is 0 Å². The van der Waals surface area contributed by atoms with E-state index in [1.165, 1.54) is 71.5 Å². The zero-order valence-electron chi connectivity index (χ0n) is 18.3. The molecule has 0 saturated carbocycles. The summed E-state index contributed by atoms with van der Waals surface area (Å²) in [5.74, 6) is -2.51. The molecule has 0 saturated heterocycles. The summed E-state index contributed by atoms with van der Waals surface area (Å²) in [7, 11) is 0. The molecule has 1 aliphatic heterocycles. The zero-order chi connectivity index (χ0) is 22.7. The van der Waals surface area contributed by atoms with Crippen molar-refractivity contribution in [1.82, 2.24) is 4.57 Å². The van der Waals surface area contributed by atoms with Crippen LogP contribution in [0.1, 0.15) is 55.0 Å². The Labute approximate surface area is 187 Å². The number of carboxylic acids is 2. The van der Waals surface area contributed by atoms with Crippen LogP contribution >= 0.6 is 0 Å². The highest BCUT2D eigenvalue weighted by atomic mass is 16.4. The third-order valence-electron chi connectivity index (χ3n) is 6.27. The minimum atomic E-state index is -1.26. The molecule has 5 rings (SSSR count). The number of nitrogens with zero attached hydrogens (tertiary/aromatic N) is 2. The number of benzene rings is 1. The number of carboxylic acid groups (broad SMARTS) is 2. The topological polar surface area (TPSA) is 91.9 Å². The van der Waals surface area contributed by atoms with Crippen LogP contribution < -0.4 is 0 Å². The van der Waals surface area contributed by atoms with Crippen LogP contribution in [0.25, 0.3) is 16.8 Å². The molecule has 0 spiro atoms. The van der Waals surface area contributed by atoms with Crippen molar-refractivity contribution in [3.05, 3.63) is 64.9 Å². The van der Waals surface area contributed by atoms with Gasteiger partial charge in [-0.15, -0.1) is 0 Å². The van der Waals surface area contributed by atoms with Crippen molar-refractivity contribution < 1.29 is 19.8 Å². The number of allylic oxidation sites excluding steroid dienone is 2. The Morgan fingerprint density at radius 2 is 1.75 bits per heavy atom. The second kappa shape index (κ2) is 9.39. The van der Waals surface area contributed by atoms with E-state index in [-0.39, 0.29) is 0 Å². The first-order valence-electron chi connectivity index (χ1n) is 11.1. The minimum Gasteiger partial charge on any atom is -0.478 e. The van der Waals surface area contributed by atoms with Gasteiger partial charge in [-0.3, -0.25) is 4.99 Å². The summed E-state index contributed by atoms with van der Waals surface area (Å²) in [4.78, 5) is 23.7. The average molecular weight is 433 g/mol. The molecule has 166 valence electrons. The summed E-state index contributed by atoms with van der Waals surface area (Å²) in [6.45, 7) is 4.09. The monoisotopic (exact) mass is 432 g/mol. The third-order valence-corrected chi connectivity index (χ3v) is 6.27. The maximum Gasteiger partial charge on any atom is 0.328 e. The SMILES string of the molecule is CC1=NCCn2c1cc1c2-c2ccc(C3=CCCCC3)cc2CC1.O=C(O)/C=C/C(=O)O. The van der Waals surface area contributed by atoms with Gasteiger partial charge in [0.2, 0.25) is 0 Å². The van der Waals surface area contributed by atoms with Crippen LogP contribution in [0.2, 0.25) is 0 Å². The number of carbonyl (C=O) groups is 2. The molecular weight excluding hydrogens is 404 g/mol. The standard InChI is InChI=1S/C22H24N2.C4H4O4/c1-15-21-14-19-8-7-18-13-17(16-5-3-2-4-6-16)9-10-20(18)22(19)24(21)12-11-23-15;5-3(6)1-2-4(7)8/h5,9-10,13-14H,2-4,6-8,11-12H2,1H3;1-2H,(H,5,6)(H,7,8)/b;2-1+. The predicted octanol–water partition coefficient (Wildman–Crippen LogP) is 4.75. The number of aliphatic carboxylic acids is 2. The fourth-order valence-corrected chi connectivity index (χ4v) is 4.79. The fraction of sp³-hybridized carbons (Fsp3) is 0.346. The highest BCUT2D eigenvalue weighted by Gasteiger charge is 2.25. The van der Waals surface area contributed by atoms with Gasteiger partial charge in [0.15, 0.2) is 0 Å². The van der Waals surface area contributed by atoms with E-state index in [2.05, 4.69) is 46.8 Å². The third kappa shape index (κ3) is 4.59. The van der Waals surface area contributed by atoms with Crippen molar-refractivity contribution in [3.63, 3.8) is 0 Å². The Kier molecular flexibility index (Phi) is 6.40. The van der Waals surface area contributed by atoms with Gasteiger partial charge in [-0.2, -0.15) is 0 Å². The smallest absolute Gasteiger partial charge is 0.328 e. The zero-order valence-corrected chi connectivity index (χ0v) is 18.3. The molecule has 2 aliphatic carbocycles. The van der Waals surface area contributed by atoms with Crippen LogP contribution in [0.5, 0.6) is 0 Å². The highest BCUT2D eigenvalue weighted by Crippen LogP contribution is 2.39. The van der Waals surface area contributed by atoms with Crippen molar-refractivity contribution in [3.8, 4) is 11.3 Å². The van der Waals surface area contributed by atoms with Crippen LogP contribution in [0.3, 0.4) is 0 Å². The van der Waals surface area contributed by atoms with Crippen molar-refractivity contribution in [2.75, 3.05) is 6.54 Å². The van der Waals surface area contributed by atoms with Crippen LogP contribution in [-0.2, 0) is 29.0 Å². The van der Waals surface area contributed by atoms with Gasteiger partial charge < -0.3 is 14.8 Å². The molecular formula is C26H28N2O4. The van der Waals surface area contributed by atoms with Crippen LogP contribution in [0.4, 0.5) is 0 Å². The lowest BCUT2D eigenvalue weighted by Gasteiger charge is -2.23. The number of hydrogen-bond acceptors (Lipinski definition) is 3. The van der Waals surface area contributed by atoms with E-state index >= 15 is 0 Å². The molecule has 0 radical (unpaired) electrons. The van der Waals surface area contributed by atoms with Crippen molar-refractivity contribution in [2.45, 2.75) is 52.0 Å². The Balaban J connectivity index is 0.000000265. The number of aryl methyl sites for hydroxylation is 2. The second-order valence-corrected chi connectivity index (χ2v) is 8.38. The first-order valence-corrected chi connectivity index (χ1v) is 11.1. The maximum atomic E-state index is 9.55. The van der Waals surface area contributed by atoms with E-state index in [0.717, 1.165) is 19.5 Å². The molecule has 2 aromatic rings. The Morgan fingerprint density at radius 3 is 2.44 bits per heavy atom. The number of aliphatic imine (C=N–C) groups is 1. The molecule has 6 nitrogen and oxygen atoms in total. The highest BCUT2D eigenvalue weighted by molar-refractivity contribution is 5.99. The van der Waals surface area contributed by atoms with Crippen molar-refractivity contribution in [2.24, 2.45) is 4.99 Å². The normalized spacial score (nSPS) is 16.7. The predicted molar refractivity (Wildman–Crippen MR) is 125 cm³/mol. The lowest BCUT2D eigenvalue weighted by molar-refractivity contribution is -0.134. The van der Waals surface area contributed by atoms with Gasteiger partial charge in [0.05, 0.1) is 23.6 Å². The lowest BCUT2D eigenvalue weighted by Crippen LogP contribution is -2.17. The average Bonchev–Trinajstić information content (AvgIpc) is 3.19. The van der Waals surface area contributed by atoms with Gasteiger partial charge in [-0.05, 0) is 73.8 Å². The number of rotatable bonds is 3. The van der Waals surface area contributed by atoms with Gasteiger partial charge in [0, 0.05) is 24.3 Å². The van der Waals surface area contributed by atoms with Gasteiger partial charge >= 0.3 is 11.9 Å². The largest absolute Gasteiger partial charge is 0.478 e. The summed E-state index contributed by atoms with van der Waals surface area (Å²) in [5, 5.41) is 15.6. The molecule has 3 aliphatic rings. The maximum absolute atomic E-state index is 9.55. The van der Waals surface area contributed by atoms with Gasteiger partial charge in [0.25, 0.3) is 0 Å². The molecule has 32 heavy (non-hydrogen) atoms. The van der Waals surface area contributed by atoms with E-state index in [4.69, 9.17) is 10.2 Å². The fourth-order valence-electron chi connectivity index (χ4n) is 4.79. The Hall–Kier alpha value is -3.41. The molecule has 1 aromatic carbocycles. The van der Waals surface area contributed by atoms with E-state index < -0.39 is 11.9 Å². The summed E-state index contributed by atoms with van der Waals surface area (Å²) in [6.07, 6.45) is 11.1. The summed E-state index contributed by atoms with van der Waals surface area (Å²) in [5.41, 5.74) is 11.5. The lowest BCUT2D eigenvalue weighted by atomic mass is 9.86. The summed E-state index contributed by atoms with van der Waals surface area (Å²) >= 11 is 0. The molecule has 1 aromatic heterocycles. The summed E-state index contributed by atoms with van der Waals surface area (Å²) in [6, 6.07) is 9.59. The van der Waals surface area contributed by atoms with E-state index in [9.17, 15) is 9.59 Å². The van der Waals surface area contributed by atoms with Crippen LogP contribution in [0, 0.1) is 0 Å². The molecule has 0 fully saturated rings. The molecule has 6 heteroatoms. The number of aromatic nitrogens is 1. The minimum absolute atomic E-state index is 0.558. The Bertz CT molecular complexity index is 1130. The van der Waals surface area contributed by atoms with Crippen molar-refractivity contribution >= 4 is 23.2 Å². The first kappa shape index (κ1) is 21.8. The summed E-state index contributed by atoms with van der Waals surface area (Å²) < 4.78 is 2.51. The van der Waals surface area contributed by atoms with Crippen LogP contribution in [0.15, 0.2) is 47.5 Å². The van der Waals surface area contributed by atoms with Gasteiger partial charge in [-0.25, -0.2) is 9.59 Å². The van der Waals surface area contributed by atoms with Gasteiger partial charge in [0.1, 0.15) is 0 Å². The molecule has 0 bridgehead atoms. The Morgan fingerprint density at radius 1 is 1.00 bits per heavy atom. The van der Waals surface area contributed by atoms with E-state index in [0.29, 0.717) is 12.2 Å². The van der Waals surface area contributed by atoms with E-state index in [1.807, 2.05) is 0 Å². The number of fused-ring (bicyclic) bond motifs is 5. The number of hydrogen-bond donors (Lipinski definition) is 2. The molecule has 0 amide bonds. The van der Waals surface area contributed by atoms with Gasteiger partial charge in [-0.1, -0.05) is 24.3 Å². The molecule has 0 unspecified atom stereocenters. The van der Waals surface area contributed by atoms with Crippen LogP contribution in [-0.4, -0.2) is 39.0 Å². The quantitative estimate of drug-likeness (QED) is 0.685. The van der Waals surface area contributed by atoms with E-state index in [1.54, 1.807) is 5.57 Å². The second-order valence-electron chi connectivity index (χ2n) is 8.38. The molecule has 2 heterocycles. The molecule has 2 N–H and O–H groups in total.